The lowest BCUT2D eigenvalue weighted by molar-refractivity contribution is -0.139. The second-order valence-electron chi connectivity index (χ2n) is 8.23. The van der Waals surface area contributed by atoms with Crippen LogP contribution in [-0.4, -0.2) is 56.8 Å². The van der Waals surface area contributed by atoms with Crippen LogP contribution in [0.2, 0.25) is 5.04 Å². The summed E-state index contributed by atoms with van der Waals surface area (Å²) < 4.78 is 17.4. The van der Waals surface area contributed by atoms with Crippen LogP contribution >= 0.6 is 0 Å². The minimum Gasteiger partial charge on any atom is -0.405 e. The average molecular weight is 403 g/mol. The Kier molecular flexibility index (Phi) is 6.39. The summed E-state index contributed by atoms with van der Waals surface area (Å²) >= 11 is 0. The van der Waals surface area contributed by atoms with Crippen molar-refractivity contribution >= 4 is 18.7 Å². The molecular formula is C22H30O5Si. The number of hydrogen-bond acceptors (Lipinski definition) is 5. The molecule has 0 amide bonds. The molecule has 4 atom stereocenters. The Bertz CT molecular complexity index is 707. The normalized spacial score (nSPS) is 25.8. The molecule has 1 aliphatic rings. The first kappa shape index (κ1) is 21.2. The molecule has 1 heterocycles. The summed E-state index contributed by atoms with van der Waals surface area (Å²) in [6.45, 7) is 6.75. The van der Waals surface area contributed by atoms with Crippen molar-refractivity contribution in [3.63, 3.8) is 0 Å². The topological polar surface area (TPSA) is 68.2 Å². The second-order valence-corrected chi connectivity index (χ2v) is 12.5. The largest absolute Gasteiger partial charge is 0.405 e. The fourth-order valence-corrected chi connectivity index (χ4v) is 8.65. The molecule has 2 aromatic rings. The lowest BCUT2D eigenvalue weighted by atomic mass is 10.1. The summed E-state index contributed by atoms with van der Waals surface area (Å²) in [5, 5.41) is 22.6. The number of methoxy groups -OCH3 is 1. The van der Waals surface area contributed by atoms with E-state index in [0.29, 0.717) is 0 Å². The Morgan fingerprint density at radius 3 is 1.82 bits per heavy atom. The van der Waals surface area contributed by atoms with E-state index < -0.39 is 32.9 Å². The van der Waals surface area contributed by atoms with Crippen molar-refractivity contribution in [2.24, 2.45) is 0 Å². The van der Waals surface area contributed by atoms with Gasteiger partial charge >= 0.3 is 0 Å². The van der Waals surface area contributed by atoms with E-state index in [1.165, 1.54) is 7.11 Å². The molecule has 6 heteroatoms. The Labute approximate surface area is 168 Å². The number of aliphatic hydroxyl groups excluding tert-OH is 2. The highest BCUT2D eigenvalue weighted by molar-refractivity contribution is 6.99. The van der Waals surface area contributed by atoms with Crippen molar-refractivity contribution in [1.29, 1.82) is 0 Å². The van der Waals surface area contributed by atoms with Crippen LogP contribution in [0.15, 0.2) is 60.7 Å². The first-order chi connectivity index (χ1) is 13.3. The third-order valence-corrected chi connectivity index (χ3v) is 10.5. The molecular weight excluding hydrogens is 372 g/mol. The van der Waals surface area contributed by atoms with Gasteiger partial charge in [-0.15, -0.1) is 0 Å². The summed E-state index contributed by atoms with van der Waals surface area (Å²) in [5.74, 6) is 0. The van der Waals surface area contributed by atoms with Crippen LogP contribution in [0, 0.1) is 0 Å². The summed E-state index contributed by atoms with van der Waals surface area (Å²) in [5.41, 5.74) is 0. The number of rotatable bonds is 6. The lowest BCUT2D eigenvalue weighted by Crippen LogP contribution is -2.67. The Hall–Kier alpha value is -1.54. The van der Waals surface area contributed by atoms with Crippen molar-refractivity contribution in [1.82, 2.24) is 0 Å². The van der Waals surface area contributed by atoms with Crippen molar-refractivity contribution in [2.45, 2.75) is 50.4 Å². The molecule has 152 valence electrons. The highest BCUT2D eigenvalue weighted by Crippen LogP contribution is 2.37. The highest BCUT2D eigenvalue weighted by atomic mass is 28.4. The van der Waals surface area contributed by atoms with Gasteiger partial charge < -0.3 is 24.1 Å². The van der Waals surface area contributed by atoms with E-state index >= 15 is 0 Å². The molecule has 1 fully saturated rings. The Morgan fingerprint density at radius 1 is 0.929 bits per heavy atom. The van der Waals surface area contributed by atoms with Crippen molar-refractivity contribution in [2.75, 3.05) is 13.7 Å². The second kappa shape index (κ2) is 8.45. The minimum absolute atomic E-state index is 0.168. The maximum absolute atomic E-state index is 10.5. The summed E-state index contributed by atoms with van der Waals surface area (Å²) in [4.78, 5) is 0. The minimum atomic E-state index is -2.71. The monoisotopic (exact) mass is 402 g/mol. The molecule has 2 aromatic carbocycles. The molecule has 0 bridgehead atoms. The zero-order chi connectivity index (χ0) is 20.4. The van der Waals surface area contributed by atoms with Crippen LogP contribution in [0.1, 0.15) is 20.8 Å². The van der Waals surface area contributed by atoms with Gasteiger partial charge in [-0.3, -0.25) is 0 Å². The molecule has 1 saturated heterocycles. The predicted octanol–water partition coefficient (Wildman–Crippen LogP) is 1.66. The van der Waals surface area contributed by atoms with Gasteiger partial charge in [-0.2, -0.15) is 0 Å². The van der Waals surface area contributed by atoms with Gasteiger partial charge in [-0.05, 0) is 15.4 Å². The number of benzene rings is 2. The average Bonchev–Trinajstić information content (AvgIpc) is 2.95. The zero-order valence-electron chi connectivity index (χ0n) is 16.9. The summed E-state index contributed by atoms with van der Waals surface area (Å²) in [7, 11) is -1.26. The number of ether oxygens (including phenoxy) is 2. The van der Waals surface area contributed by atoms with E-state index in [0.717, 1.165) is 10.4 Å². The van der Waals surface area contributed by atoms with Gasteiger partial charge in [0.15, 0.2) is 6.29 Å². The summed E-state index contributed by atoms with van der Waals surface area (Å²) in [6, 6.07) is 20.6. The standard InChI is InChI=1S/C22H30O5Si/c1-22(2,3)28(16-11-7-5-8-12-16,17-13-9-6-10-14-17)26-15-18-19(23)20(25-4)21(24)27-18/h5-14,18-21,23-24H,15H2,1-4H3/t18-,19-,20+,21+/m1/s1. The first-order valence-electron chi connectivity index (χ1n) is 9.60. The van der Waals surface area contributed by atoms with Gasteiger partial charge in [-0.1, -0.05) is 81.4 Å². The van der Waals surface area contributed by atoms with Crippen molar-refractivity contribution in [3.8, 4) is 0 Å². The fraction of sp³-hybridized carbons (Fsp3) is 0.455. The van der Waals surface area contributed by atoms with E-state index in [4.69, 9.17) is 13.9 Å². The maximum Gasteiger partial charge on any atom is 0.261 e. The molecule has 0 saturated carbocycles. The molecule has 3 rings (SSSR count). The third kappa shape index (κ3) is 3.81. The first-order valence-corrected chi connectivity index (χ1v) is 11.5. The van der Waals surface area contributed by atoms with Crippen LogP contribution in [-0.2, 0) is 13.9 Å². The van der Waals surface area contributed by atoms with Crippen molar-refractivity contribution < 1.29 is 24.1 Å². The van der Waals surface area contributed by atoms with Gasteiger partial charge in [0.2, 0.25) is 0 Å². The Morgan fingerprint density at radius 2 is 1.43 bits per heavy atom. The Balaban J connectivity index is 2.00. The van der Waals surface area contributed by atoms with Gasteiger partial charge in [-0.25, -0.2) is 0 Å². The molecule has 0 radical (unpaired) electrons. The third-order valence-electron chi connectivity index (χ3n) is 5.47. The number of hydrogen-bond donors (Lipinski definition) is 2. The van der Waals surface area contributed by atoms with E-state index in [-0.39, 0.29) is 11.6 Å². The SMILES string of the molecule is CO[C@H]1[C@H](O)[C@@H](CO[Si](c2ccccc2)(c2ccccc2)C(C)(C)C)O[C@@H]1O. The molecule has 0 spiro atoms. The molecule has 0 aliphatic carbocycles. The lowest BCUT2D eigenvalue weighted by Gasteiger charge is -2.43. The number of aliphatic hydroxyl groups is 2. The van der Waals surface area contributed by atoms with Gasteiger partial charge in [0.1, 0.15) is 18.3 Å². The van der Waals surface area contributed by atoms with Gasteiger partial charge in [0.05, 0.1) is 6.61 Å². The highest BCUT2D eigenvalue weighted by Gasteiger charge is 2.52. The van der Waals surface area contributed by atoms with Gasteiger partial charge in [0.25, 0.3) is 8.32 Å². The molecule has 0 unspecified atom stereocenters. The van der Waals surface area contributed by atoms with E-state index in [1.807, 2.05) is 36.4 Å². The van der Waals surface area contributed by atoms with E-state index in [9.17, 15) is 10.2 Å². The van der Waals surface area contributed by atoms with Crippen LogP contribution in [0.5, 0.6) is 0 Å². The van der Waals surface area contributed by atoms with E-state index in [2.05, 4.69) is 45.0 Å². The smallest absolute Gasteiger partial charge is 0.261 e. The quantitative estimate of drug-likeness (QED) is 0.720. The zero-order valence-corrected chi connectivity index (χ0v) is 17.9. The fourth-order valence-electron chi connectivity index (χ4n) is 4.08. The molecule has 0 aromatic heterocycles. The molecule has 1 aliphatic heterocycles. The van der Waals surface area contributed by atoms with E-state index in [1.54, 1.807) is 0 Å². The molecule has 5 nitrogen and oxygen atoms in total. The summed E-state index contributed by atoms with van der Waals surface area (Å²) in [6.07, 6.45) is -3.53. The van der Waals surface area contributed by atoms with Crippen LogP contribution in [0.3, 0.4) is 0 Å². The predicted molar refractivity (Wildman–Crippen MR) is 111 cm³/mol. The van der Waals surface area contributed by atoms with Crippen LogP contribution in [0.25, 0.3) is 0 Å². The van der Waals surface area contributed by atoms with Crippen molar-refractivity contribution in [3.05, 3.63) is 60.7 Å². The van der Waals surface area contributed by atoms with Crippen LogP contribution in [0.4, 0.5) is 0 Å². The maximum atomic E-state index is 10.5. The molecule has 28 heavy (non-hydrogen) atoms. The van der Waals surface area contributed by atoms with Gasteiger partial charge in [0, 0.05) is 7.11 Å². The van der Waals surface area contributed by atoms with Crippen LogP contribution < -0.4 is 10.4 Å². The molecule has 2 N–H and O–H groups in total.